The minimum absolute atomic E-state index is 0.109. The van der Waals surface area contributed by atoms with Gasteiger partial charge in [-0.2, -0.15) is 4.31 Å². The molecule has 0 radical (unpaired) electrons. The number of benzene rings is 2. The molecule has 1 saturated heterocycles. The van der Waals surface area contributed by atoms with Crippen LogP contribution in [0.1, 0.15) is 54.8 Å². The smallest absolute Gasteiger partial charge is 0.338 e. The van der Waals surface area contributed by atoms with E-state index in [9.17, 15) is 18.0 Å². The first-order chi connectivity index (χ1) is 15.1. The SMILES string of the molecule is CC1CC(C)CN(S(=O)(=O)c2cccc(C(=O)Nc3ccc(C(=O)OC(C)C)cc3)c2)C1. The number of ether oxygens (including phenoxy) is 1. The summed E-state index contributed by atoms with van der Waals surface area (Å²) in [5.74, 6) is -0.279. The Morgan fingerprint density at radius 3 is 2.22 bits per heavy atom. The molecule has 0 aromatic heterocycles. The number of esters is 1. The molecule has 2 unspecified atom stereocenters. The Morgan fingerprint density at radius 2 is 1.62 bits per heavy atom. The number of piperidine rings is 1. The van der Waals surface area contributed by atoms with E-state index in [-0.39, 0.29) is 16.6 Å². The number of nitrogens with one attached hydrogen (secondary N) is 1. The van der Waals surface area contributed by atoms with Crippen LogP contribution in [0, 0.1) is 11.8 Å². The molecule has 1 amide bonds. The average molecular weight is 459 g/mol. The number of carbonyl (C=O) groups excluding carboxylic acids is 2. The fraction of sp³-hybridized carbons (Fsp3) is 0.417. The first kappa shape index (κ1) is 23.9. The number of nitrogens with zero attached hydrogens (tertiary/aromatic N) is 1. The first-order valence-electron chi connectivity index (χ1n) is 10.8. The van der Waals surface area contributed by atoms with E-state index in [0.717, 1.165) is 6.42 Å². The summed E-state index contributed by atoms with van der Waals surface area (Å²) >= 11 is 0. The molecule has 2 aromatic rings. The molecule has 1 aliphatic heterocycles. The zero-order valence-corrected chi connectivity index (χ0v) is 19.7. The van der Waals surface area contributed by atoms with Gasteiger partial charge < -0.3 is 10.1 Å². The normalized spacial score (nSPS) is 19.5. The number of anilines is 1. The van der Waals surface area contributed by atoms with Crippen LogP contribution in [0.15, 0.2) is 53.4 Å². The van der Waals surface area contributed by atoms with E-state index in [0.29, 0.717) is 36.2 Å². The van der Waals surface area contributed by atoms with Gasteiger partial charge in [0.25, 0.3) is 5.91 Å². The number of amides is 1. The molecule has 0 bridgehead atoms. The van der Waals surface area contributed by atoms with Gasteiger partial charge in [0.15, 0.2) is 0 Å². The Morgan fingerprint density at radius 1 is 1.00 bits per heavy atom. The highest BCUT2D eigenvalue weighted by molar-refractivity contribution is 7.89. The summed E-state index contributed by atoms with van der Waals surface area (Å²) < 4.78 is 32.9. The Balaban J connectivity index is 1.73. The highest BCUT2D eigenvalue weighted by Crippen LogP contribution is 2.27. The van der Waals surface area contributed by atoms with Gasteiger partial charge in [-0.15, -0.1) is 0 Å². The van der Waals surface area contributed by atoms with E-state index in [4.69, 9.17) is 4.74 Å². The van der Waals surface area contributed by atoms with Crippen molar-refractivity contribution in [1.82, 2.24) is 4.31 Å². The quantitative estimate of drug-likeness (QED) is 0.656. The van der Waals surface area contributed by atoms with E-state index in [1.54, 1.807) is 50.2 Å². The lowest BCUT2D eigenvalue weighted by molar-refractivity contribution is 0.0378. The molecule has 0 saturated carbocycles. The minimum Gasteiger partial charge on any atom is -0.459 e. The van der Waals surface area contributed by atoms with Crippen LogP contribution in [0.4, 0.5) is 5.69 Å². The fourth-order valence-corrected chi connectivity index (χ4v) is 5.65. The van der Waals surface area contributed by atoms with Gasteiger partial charge in [0, 0.05) is 24.3 Å². The van der Waals surface area contributed by atoms with Crippen LogP contribution in [0.25, 0.3) is 0 Å². The van der Waals surface area contributed by atoms with Crippen molar-refractivity contribution in [1.29, 1.82) is 0 Å². The maximum Gasteiger partial charge on any atom is 0.338 e. The molecule has 3 rings (SSSR count). The first-order valence-corrected chi connectivity index (χ1v) is 12.2. The molecule has 172 valence electrons. The van der Waals surface area contributed by atoms with Crippen molar-refractivity contribution in [3.05, 3.63) is 59.7 Å². The number of hydrogen-bond acceptors (Lipinski definition) is 5. The zero-order chi connectivity index (χ0) is 23.5. The highest BCUT2D eigenvalue weighted by Gasteiger charge is 2.32. The van der Waals surface area contributed by atoms with Crippen LogP contribution in [0.3, 0.4) is 0 Å². The number of rotatable bonds is 6. The zero-order valence-electron chi connectivity index (χ0n) is 18.9. The Bertz CT molecular complexity index is 1070. The van der Waals surface area contributed by atoms with Gasteiger partial charge in [-0.1, -0.05) is 19.9 Å². The summed E-state index contributed by atoms with van der Waals surface area (Å²) in [7, 11) is -3.68. The summed E-state index contributed by atoms with van der Waals surface area (Å²) in [6.07, 6.45) is 0.782. The maximum atomic E-state index is 13.1. The summed E-state index contributed by atoms with van der Waals surface area (Å²) in [6.45, 7) is 8.61. The Labute approximate surface area is 189 Å². The molecule has 2 aromatic carbocycles. The molecule has 1 aliphatic rings. The van der Waals surface area contributed by atoms with E-state index < -0.39 is 21.9 Å². The van der Waals surface area contributed by atoms with Crippen LogP contribution in [-0.4, -0.2) is 43.8 Å². The number of hydrogen-bond donors (Lipinski definition) is 1. The van der Waals surface area contributed by atoms with Crippen molar-refractivity contribution >= 4 is 27.6 Å². The van der Waals surface area contributed by atoms with Gasteiger partial charge in [-0.25, -0.2) is 13.2 Å². The lowest BCUT2D eigenvalue weighted by Crippen LogP contribution is -2.42. The number of carbonyl (C=O) groups is 2. The van der Waals surface area contributed by atoms with Crippen molar-refractivity contribution in [3.63, 3.8) is 0 Å². The molecular formula is C24H30N2O5S. The Kier molecular flexibility index (Phi) is 7.36. The molecule has 1 N–H and O–H groups in total. The predicted octanol–water partition coefficient (Wildman–Crippen LogP) is 4.17. The van der Waals surface area contributed by atoms with Crippen molar-refractivity contribution < 1.29 is 22.7 Å². The Hall–Kier alpha value is -2.71. The molecule has 7 nitrogen and oxygen atoms in total. The fourth-order valence-electron chi connectivity index (χ4n) is 3.92. The molecule has 1 fully saturated rings. The third kappa shape index (κ3) is 5.75. The van der Waals surface area contributed by atoms with Gasteiger partial charge in [0.05, 0.1) is 16.6 Å². The van der Waals surface area contributed by atoms with E-state index in [1.165, 1.54) is 16.4 Å². The molecule has 0 aliphatic carbocycles. The lowest BCUT2D eigenvalue weighted by Gasteiger charge is -2.34. The second-order valence-corrected chi connectivity index (χ2v) is 10.7. The number of sulfonamides is 1. The molecule has 2 atom stereocenters. The molecule has 32 heavy (non-hydrogen) atoms. The molecule has 0 spiro atoms. The van der Waals surface area contributed by atoms with Gasteiger partial charge in [0.1, 0.15) is 0 Å². The van der Waals surface area contributed by atoms with Crippen LogP contribution in [-0.2, 0) is 14.8 Å². The summed E-state index contributed by atoms with van der Waals surface area (Å²) in [6, 6.07) is 12.4. The third-order valence-corrected chi connectivity index (χ3v) is 7.12. The van der Waals surface area contributed by atoms with Crippen LogP contribution in [0.2, 0.25) is 0 Å². The second-order valence-electron chi connectivity index (χ2n) is 8.78. The van der Waals surface area contributed by atoms with Crippen LogP contribution >= 0.6 is 0 Å². The average Bonchev–Trinajstić information content (AvgIpc) is 2.73. The van der Waals surface area contributed by atoms with Crippen LogP contribution in [0.5, 0.6) is 0 Å². The van der Waals surface area contributed by atoms with E-state index in [1.807, 2.05) is 0 Å². The van der Waals surface area contributed by atoms with Gasteiger partial charge in [-0.3, -0.25) is 4.79 Å². The lowest BCUT2D eigenvalue weighted by atomic mass is 9.94. The summed E-state index contributed by atoms with van der Waals surface area (Å²) in [4.78, 5) is 24.8. The van der Waals surface area contributed by atoms with Crippen molar-refractivity contribution in [3.8, 4) is 0 Å². The molecule has 1 heterocycles. The van der Waals surface area contributed by atoms with Crippen molar-refractivity contribution in [2.75, 3.05) is 18.4 Å². The monoisotopic (exact) mass is 458 g/mol. The van der Waals surface area contributed by atoms with Crippen LogP contribution < -0.4 is 5.32 Å². The van der Waals surface area contributed by atoms with Gasteiger partial charge in [0.2, 0.25) is 10.0 Å². The second kappa shape index (κ2) is 9.83. The van der Waals surface area contributed by atoms with E-state index >= 15 is 0 Å². The summed E-state index contributed by atoms with van der Waals surface area (Å²) in [5, 5.41) is 2.74. The topological polar surface area (TPSA) is 92.8 Å². The minimum atomic E-state index is -3.68. The van der Waals surface area contributed by atoms with Gasteiger partial charge >= 0.3 is 5.97 Å². The van der Waals surface area contributed by atoms with Crippen molar-refractivity contribution in [2.45, 2.75) is 45.1 Å². The summed E-state index contributed by atoms with van der Waals surface area (Å²) in [5.41, 5.74) is 1.12. The molecular weight excluding hydrogens is 428 g/mol. The van der Waals surface area contributed by atoms with Crippen molar-refractivity contribution in [2.24, 2.45) is 11.8 Å². The highest BCUT2D eigenvalue weighted by atomic mass is 32.2. The third-order valence-electron chi connectivity index (χ3n) is 5.29. The van der Waals surface area contributed by atoms with E-state index in [2.05, 4.69) is 19.2 Å². The maximum absolute atomic E-state index is 13.1. The largest absolute Gasteiger partial charge is 0.459 e. The van der Waals surface area contributed by atoms with Gasteiger partial charge in [-0.05, 0) is 74.6 Å². The standard InChI is InChI=1S/C24H30N2O5S/c1-16(2)31-24(28)19-8-10-21(11-9-19)25-23(27)20-6-5-7-22(13-20)32(29,30)26-14-17(3)12-18(4)15-26/h5-11,13,16-18H,12,14-15H2,1-4H3,(H,25,27). The molecule has 8 heteroatoms. The predicted molar refractivity (Wildman–Crippen MR) is 123 cm³/mol.